The number of halogens is 1. The number of aryl methyl sites for hydroxylation is 1. The maximum Gasteiger partial charge on any atom is 0.197 e. The molecule has 0 amide bonds. The van der Waals surface area contributed by atoms with Crippen molar-refractivity contribution in [3.05, 3.63) is 15.7 Å². The van der Waals surface area contributed by atoms with Crippen LogP contribution in [0.15, 0.2) is 20.2 Å². The summed E-state index contributed by atoms with van der Waals surface area (Å²) in [5.41, 5.74) is 5.59. The Hall–Kier alpha value is -0.730. The number of nitrogen functional groups attached to an aromatic ring is 1. The third kappa shape index (κ3) is 2.86. The maximum absolute atomic E-state index is 5.59. The van der Waals surface area contributed by atoms with Gasteiger partial charge in [-0.2, -0.15) is 0 Å². The highest BCUT2D eigenvalue weighted by Crippen LogP contribution is 2.28. The summed E-state index contributed by atoms with van der Waals surface area (Å²) in [7, 11) is 0. The molecule has 0 saturated heterocycles. The summed E-state index contributed by atoms with van der Waals surface area (Å²) in [4.78, 5) is 8.24. The number of anilines is 1. The summed E-state index contributed by atoms with van der Waals surface area (Å²) in [5, 5.41) is 9.36. The minimum Gasteiger partial charge on any atom is -0.384 e. The highest BCUT2D eigenvalue weighted by atomic mass is 79.9. The lowest BCUT2D eigenvalue weighted by atomic mass is 10.6. The van der Waals surface area contributed by atoms with Gasteiger partial charge < -0.3 is 5.73 Å². The Kier molecular flexibility index (Phi) is 3.17. The molecular formula is C7H6BrN5S2. The molecule has 0 bridgehead atoms. The number of nitrogens with zero attached hydrogens (tertiary/aromatic N) is 4. The minimum absolute atomic E-state index is 0.431. The number of aromatic nitrogens is 4. The van der Waals surface area contributed by atoms with Crippen molar-refractivity contribution in [2.24, 2.45) is 0 Å². The lowest BCUT2D eigenvalue weighted by Crippen LogP contribution is -1.94. The average Bonchev–Trinajstić information content (AvgIpc) is 2.49. The minimum atomic E-state index is 0.431. The Balaban J connectivity index is 2.24. The Bertz CT molecular complexity index is 466. The first-order chi connectivity index (χ1) is 7.13. The Morgan fingerprint density at radius 2 is 2.20 bits per heavy atom. The first-order valence-electron chi connectivity index (χ1n) is 3.91. The van der Waals surface area contributed by atoms with Crippen LogP contribution in [0.3, 0.4) is 0 Å². The van der Waals surface area contributed by atoms with E-state index in [-0.39, 0.29) is 0 Å². The van der Waals surface area contributed by atoms with E-state index in [0.717, 1.165) is 9.35 Å². The monoisotopic (exact) mass is 303 g/mol. The molecular weight excluding hydrogens is 298 g/mol. The van der Waals surface area contributed by atoms with Gasteiger partial charge in [0.2, 0.25) is 0 Å². The fourth-order valence-electron chi connectivity index (χ4n) is 0.857. The molecule has 0 fully saturated rings. The van der Waals surface area contributed by atoms with Gasteiger partial charge in [-0.3, -0.25) is 0 Å². The summed E-state index contributed by atoms with van der Waals surface area (Å²) < 4.78 is 1.48. The van der Waals surface area contributed by atoms with Gasteiger partial charge in [0.15, 0.2) is 9.50 Å². The molecule has 0 unspecified atom stereocenters. The molecule has 2 N–H and O–H groups in total. The SMILES string of the molecule is Cc1nnc(Sc2nc(N)cc(Br)n2)s1. The zero-order valence-electron chi connectivity index (χ0n) is 7.64. The van der Waals surface area contributed by atoms with Gasteiger partial charge >= 0.3 is 0 Å². The second-order valence-electron chi connectivity index (χ2n) is 2.59. The third-order valence-electron chi connectivity index (χ3n) is 1.38. The number of rotatable bonds is 2. The third-order valence-corrected chi connectivity index (χ3v) is 3.54. The van der Waals surface area contributed by atoms with E-state index in [9.17, 15) is 0 Å². The Labute approximate surface area is 103 Å². The molecule has 5 nitrogen and oxygen atoms in total. The van der Waals surface area contributed by atoms with E-state index in [0.29, 0.717) is 15.6 Å². The highest BCUT2D eigenvalue weighted by molar-refractivity contribution is 9.10. The van der Waals surface area contributed by atoms with Gasteiger partial charge in [-0.05, 0) is 34.6 Å². The molecule has 0 atom stereocenters. The normalized spacial score (nSPS) is 10.5. The predicted molar refractivity (Wildman–Crippen MR) is 62.9 cm³/mol. The Morgan fingerprint density at radius 1 is 1.40 bits per heavy atom. The van der Waals surface area contributed by atoms with Crippen molar-refractivity contribution >= 4 is 44.8 Å². The van der Waals surface area contributed by atoms with Crippen LogP contribution in [-0.4, -0.2) is 20.2 Å². The lowest BCUT2D eigenvalue weighted by molar-refractivity contribution is 0.942. The molecule has 0 radical (unpaired) electrons. The zero-order valence-corrected chi connectivity index (χ0v) is 10.9. The van der Waals surface area contributed by atoms with Crippen molar-refractivity contribution in [1.29, 1.82) is 0 Å². The van der Waals surface area contributed by atoms with E-state index >= 15 is 0 Å². The van der Waals surface area contributed by atoms with Gasteiger partial charge in [0.05, 0.1) is 0 Å². The molecule has 2 aromatic rings. The first kappa shape index (κ1) is 10.8. The van der Waals surface area contributed by atoms with Gasteiger partial charge in [0.1, 0.15) is 15.4 Å². The molecule has 0 aliphatic heterocycles. The van der Waals surface area contributed by atoms with Crippen LogP contribution in [-0.2, 0) is 0 Å². The molecule has 0 aliphatic rings. The van der Waals surface area contributed by atoms with E-state index in [2.05, 4.69) is 36.1 Å². The summed E-state index contributed by atoms with van der Waals surface area (Å²) in [6, 6.07) is 1.65. The van der Waals surface area contributed by atoms with Crippen molar-refractivity contribution in [2.45, 2.75) is 16.4 Å². The van der Waals surface area contributed by atoms with Crippen LogP contribution in [0.25, 0.3) is 0 Å². The molecule has 78 valence electrons. The fraction of sp³-hybridized carbons (Fsp3) is 0.143. The summed E-state index contributed by atoms with van der Waals surface area (Å²) in [6.45, 7) is 1.90. The van der Waals surface area contributed by atoms with Crippen LogP contribution in [0.2, 0.25) is 0 Å². The molecule has 8 heteroatoms. The summed E-state index contributed by atoms with van der Waals surface area (Å²) >= 11 is 6.10. The molecule has 0 saturated carbocycles. The highest BCUT2D eigenvalue weighted by Gasteiger charge is 2.07. The van der Waals surface area contributed by atoms with E-state index in [1.54, 1.807) is 6.07 Å². The molecule has 2 rings (SSSR count). The molecule has 0 spiro atoms. The van der Waals surface area contributed by atoms with Gasteiger partial charge in [0.25, 0.3) is 0 Å². The van der Waals surface area contributed by atoms with Gasteiger partial charge in [0, 0.05) is 6.07 Å². The molecule has 0 aromatic carbocycles. The van der Waals surface area contributed by atoms with Crippen molar-refractivity contribution in [2.75, 3.05) is 5.73 Å². The van der Waals surface area contributed by atoms with Crippen LogP contribution >= 0.6 is 39.0 Å². The van der Waals surface area contributed by atoms with Gasteiger partial charge in [-0.15, -0.1) is 10.2 Å². The van der Waals surface area contributed by atoms with E-state index in [1.165, 1.54) is 23.1 Å². The Morgan fingerprint density at radius 3 is 2.80 bits per heavy atom. The molecule has 2 aromatic heterocycles. The van der Waals surface area contributed by atoms with Crippen molar-refractivity contribution < 1.29 is 0 Å². The van der Waals surface area contributed by atoms with Gasteiger partial charge in [-0.1, -0.05) is 11.3 Å². The number of hydrogen-bond acceptors (Lipinski definition) is 7. The fourth-order valence-corrected chi connectivity index (χ4v) is 3.08. The van der Waals surface area contributed by atoms with E-state index in [1.807, 2.05) is 6.92 Å². The molecule has 0 aliphatic carbocycles. The van der Waals surface area contributed by atoms with Crippen molar-refractivity contribution in [1.82, 2.24) is 20.2 Å². The summed E-state index contributed by atoms with van der Waals surface area (Å²) in [5.74, 6) is 0.431. The number of nitrogens with two attached hydrogens (primary N) is 1. The van der Waals surface area contributed by atoms with Gasteiger partial charge in [-0.25, -0.2) is 9.97 Å². The lowest BCUT2D eigenvalue weighted by Gasteiger charge is -1.98. The average molecular weight is 304 g/mol. The van der Waals surface area contributed by atoms with Crippen molar-refractivity contribution in [3.63, 3.8) is 0 Å². The van der Waals surface area contributed by atoms with Crippen LogP contribution in [0.1, 0.15) is 5.01 Å². The van der Waals surface area contributed by atoms with Crippen molar-refractivity contribution in [3.8, 4) is 0 Å². The van der Waals surface area contributed by atoms with E-state index < -0.39 is 0 Å². The smallest absolute Gasteiger partial charge is 0.197 e. The maximum atomic E-state index is 5.59. The van der Waals surface area contributed by atoms with E-state index in [4.69, 9.17) is 5.73 Å². The predicted octanol–water partition coefficient (Wildman–Crippen LogP) is 2.13. The molecule has 15 heavy (non-hydrogen) atoms. The summed E-state index contributed by atoms with van der Waals surface area (Å²) in [6.07, 6.45) is 0. The van der Waals surface area contributed by atoms with Crippen LogP contribution < -0.4 is 5.73 Å². The molecule has 2 heterocycles. The second-order valence-corrected chi connectivity index (χ2v) is 5.80. The standard InChI is InChI=1S/C7H6BrN5S2/c1-3-12-13-7(14-3)15-6-10-4(8)2-5(9)11-6/h2H,1H3,(H2,9,10,11). The second kappa shape index (κ2) is 4.42. The van der Waals surface area contributed by atoms with Crippen LogP contribution in [0, 0.1) is 6.92 Å². The first-order valence-corrected chi connectivity index (χ1v) is 6.34. The quantitative estimate of drug-likeness (QED) is 0.676. The zero-order chi connectivity index (χ0) is 10.8. The van der Waals surface area contributed by atoms with Crippen LogP contribution in [0.5, 0.6) is 0 Å². The topological polar surface area (TPSA) is 77.6 Å². The number of hydrogen-bond donors (Lipinski definition) is 1. The van der Waals surface area contributed by atoms with Crippen LogP contribution in [0.4, 0.5) is 5.82 Å². The largest absolute Gasteiger partial charge is 0.384 e.